The van der Waals surface area contributed by atoms with Crippen LogP contribution in [-0.2, 0) is 30.3 Å². The number of esters is 1. The Bertz CT molecular complexity index is 2160. The van der Waals surface area contributed by atoms with Gasteiger partial charge in [-0.1, -0.05) is 19.9 Å². The van der Waals surface area contributed by atoms with Crippen LogP contribution in [0.1, 0.15) is 69.5 Å². The zero-order chi connectivity index (χ0) is 37.9. The van der Waals surface area contributed by atoms with Gasteiger partial charge in [-0.3, -0.25) is 29.3 Å². The Balaban J connectivity index is 1.21. The van der Waals surface area contributed by atoms with E-state index >= 15 is 0 Å². The van der Waals surface area contributed by atoms with Gasteiger partial charge in [0.2, 0.25) is 12.3 Å². The summed E-state index contributed by atoms with van der Waals surface area (Å²) in [5, 5.41) is 15.1. The molecule has 6 bridgehead atoms. The van der Waals surface area contributed by atoms with Gasteiger partial charge in [0.1, 0.15) is 30.1 Å². The van der Waals surface area contributed by atoms with Crippen LogP contribution >= 0.6 is 0 Å². The molecule has 3 aromatic heterocycles. The molecule has 1 aliphatic carbocycles. The number of pyridine rings is 1. The highest BCUT2D eigenvalue weighted by Crippen LogP contribution is 2.47. The standard InChI is InChI=1S/C41H46N8O6/c1-40(2)15-30-29-14-26(8-10-33(29)49(28-9-7-25(13-28)16-42)35(30)27-5-3-11-43-17-27)32-18-54-37(45-32)36(47-19-41(20-47)22-53-23-41)34(44-24-50)38(51)48-12-4-6-31(46-48)39(52)55-21-40/h3,5,8,10-11,14,17-18,24-25,28,31,34,36,46H,4,6-7,9,12-13,15,19-23H2,1-2H3,(H,44,50)/t25-,28-,31-,34-,36-/m0/s1. The Labute approximate surface area is 319 Å². The minimum absolute atomic E-state index is 0.00929. The topological polar surface area (TPSA) is 168 Å². The molecule has 5 atom stereocenters. The number of hydrogen-bond acceptors (Lipinski definition) is 11. The molecular formula is C41H46N8O6. The Morgan fingerprint density at radius 1 is 1.09 bits per heavy atom. The third kappa shape index (κ3) is 6.37. The van der Waals surface area contributed by atoms with E-state index in [0.29, 0.717) is 70.1 Å². The van der Waals surface area contributed by atoms with Gasteiger partial charge in [0, 0.05) is 76.8 Å². The van der Waals surface area contributed by atoms with Gasteiger partial charge >= 0.3 is 5.97 Å². The number of carbonyl (C=O) groups is 3. The summed E-state index contributed by atoms with van der Waals surface area (Å²) in [6.45, 7) is 7.31. The summed E-state index contributed by atoms with van der Waals surface area (Å²) in [4.78, 5) is 51.9. The molecule has 1 spiro atoms. The van der Waals surface area contributed by atoms with Crippen LogP contribution < -0.4 is 10.7 Å². The molecule has 14 nitrogen and oxygen atoms in total. The first-order valence-corrected chi connectivity index (χ1v) is 19.3. The third-order valence-corrected chi connectivity index (χ3v) is 12.2. The molecule has 4 aliphatic heterocycles. The van der Waals surface area contributed by atoms with Gasteiger partial charge in [-0.05, 0) is 68.4 Å². The van der Waals surface area contributed by atoms with Crippen molar-refractivity contribution < 1.29 is 28.3 Å². The maximum atomic E-state index is 14.4. The van der Waals surface area contributed by atoms with Gasteiger partial charge in [-0.2, -0.15) is 5.26 Å². The smallest absolute Gasteiger partial charge is 0.324 e. The van der Waals surface area contributed by atoms with Gasteiger partial charge in [0.05, 0.1) is 31.6 Å². The van der Waals surface area contributed by atoms with Crippen molar-refractivity contribution in [3.05, 3.63) is 60.4 Å². The molecule has 2 amide bonds. The van der Waals surface area contributed by atoms with Crippen LogP contribution in [0, 0.1) is 28.1 Å². The molecule has 1 aromatic carbocycles. The molecule has 3 saturated heterocycles. The summed E-state index contributed by atoms with van der Waals surface area (Å²) >= 11 is 0. The fourth-order valence-electron chi connectivity index (χ4n) is 9.43. The normalized spacial score (nSPS) is 27.8. The summed E-state index contributed by atoms with van der Waals surface area (Å²) in [5.41, 5.74) is 8.28. The second-order valence-electron chi connectivity index (χ2n) is 16.9. The second kappa shape index (κ2) is 13.9. The average Bonchev–Trinajstić information content (AvgIpc) is 3.91. The highest BCUT2D eigenvalue weighted by atomic mass is 16.5. The zero-order valence-corrected chi connectivity index (χ0v) is 31.2. The number of hydrogen-bond donors (Lipinski definition) is 2. The number of nitrogens with zero attached hydrogens (tertiary/aromatic N) is 6. The maximum absolute atomic E-state index is 14.4. The van der Waals surface area contributed by atoms with E-state index in [1.165, 1.54) is 5.01 Å². The first kappa shape index (κ1) is 35.6. The number of benzene rings is 1. The lowest BCUT2D eigenvalue weighted by Gasteiger charge is -2.57. The van der Waals surface area contributed by atoms with Gasteiger partial charge in [0.25, 0.3) is 5.91 Å². The van der Waals surface area contributed by atoms with Crippen LogP contribution in [0.4, 0.5) is 0 Å². The number of oxazole rings is 1. The predicted molar refractivity (Wildman–Crippen MR) is 200 cm³/mol. The number of hydrazine groups is 1. The van der Waals surface area contributed by atoms with Crippen molar-refractivity contribution in [2.24, 2.45) is 16.7 Å². The summed E-state index contributed by atoms with van der Waals surface area (Å²) in [6.07, 6.45) is 9.97. The number of fused-ring (bicyclic) bond motifs is 6. The fourth-order valence-corrected chi connectivity index (χ4v) is 9.43. The molecule has 4 aromatic rings. The van der Waals surface area contributed by atoms with E-state index in [0.717, 1.165) is 52.5 Å². The monoisotopic (exact) mass is 746 g/mol. The van der Waals surface area contributed by atoms with Crippen LogP contribution in [0.3, 0.4) is 0 Å². The first-order valence-electron chi connectivity index (χ1n) is 19.3. The number of ether oxygens (including phenoxy) is 2. The van der Waals surface area contributed by atoms with Crippen molar-refractivity contribution >= 4 is 29.2 Å². The van der Waals surface area contributed by atoms with E-state index in [1.54, 1.807) is 12.5 Å². The lowest BCUT2D eigenvalue weighted by Crippen LogP contribution is -2.69. The number of nitriles is 1. The summed E-state index contributed by atoms with van der Waals surface area (Å²) in [5.74, 6) is -0.516. The number of rotatable bonds is 5. The highest BCUT2D eigenvalue weighted by molar-refractivity contribution is 5.95. The number of amides is 2. The van der Waals surface area contributed by atoms with Gasteiger partial charge in [0.15, 0.2) is 0 Å². The Morgan fingerprint density at radius 3 is 2.67 bits per heavy atom. The SMILES string of the molecule is CC1(C)COC(=O)[C@@H]2CCCN(N2)C(=O)[C@@H](NC=O)[C@H](N2CC3(COC3)C2)c2nc(co2)-c2ccc3c(c2)c(c(-c2cccnc2)n3[C@H]2CC[C@H](C#N)C2)C1. The first-order chi connectivity index (χ1) is 26.7. The molecule has 4 fully saturated rings. The van der Waals surface area contributed by atoms with E-state index < -0.39 is 29.5 Å². The number of carbonyl (C=O) groups excluding carboxylic acids is 3. The predicted octanol–water partition coefficient (Wildman–Crippen LogP) is 4.33. The number of cyclic esters (lactones) is 1. The van der Waals surface area contributed by atoms with Crippen LogP contribution in [0.5, 0.6) is 0 Å². The van der Waals surface area contributed by atoms with Crippen LogP contribution in [0.25, 0.3) is 33.4 Å². The zero-order valence-electron chi connectivity index (χ0n) is 31.2. The Hall–Kier alpha value is -5.10. The number of nitrogens with one attached hydrogen (secondary N) is 2. The summed E-state index contributed by atoms with van der Waals surface area (Å²) in [7, 11) is 0. The number of aromatic nitrogens is 3. The van der Waals surface area contributed by atoms with E-state index in [1.807, 2.05) is 18.3 Å². The van der Waals surface area contributed by atoms with Crippen molar-refractivity contribution in [3.63, 3.8) is 0 Å². The third-order valence-electron chi connectivity index (χ3n) is 12.2. The largest absolute Gasteiger partial charge is 0.464 e. The molecule has 0 radical (unpaired) electrons. The molecule has 55 heavy (non-hydrogen) atoms. The second-order valence-corrected chi connectivity index (χ2v) is 16.9. The molecular weight excluding hydrogens is 701 g/mol. The lowest BCUT2D eigenvalue weighted by molar-refractivity contribution is -0.204. The van der Waals surface area contributed by atoms with Gasteiger partial charge in [-0.25, -0.2) is 10.4 Å². The van der Waals surface area contributed by atoms with Crippen LogP contribution in [-0.4, -0.2) is 94.3 Å². The average molecular weight is 747 g/mol. The minimum atomic E-state index is -1.05. The van der Waals surface area contributed by atoms with E-state index in [-0.39, 0.29) is 29.9 Å². The molecule has 7 heterocycles. The van der Waals surface area contributed by atoms with E-state index in [9.17, 15) is 19.6 Å². The maximum Gasteiger partial charge on any atom is 0.324 e. The Kier molecular flexibility index (Phi) is 8.98. The quantitative estimate of drug-likeness (QED) is 0.220. The molecule has 9 rings (SSSR count). The Morgan fingerprint density at radius 2 is 1.95 bits per heavy atom. The van der Waals surface area contributed by atoms with Crippen LogP contribution in [0.15, 0.2) is 53.4 Å². The summed E-state index contributed by atoms with van der Waals surface area (Å²) < 4.78 is 20.3. The molecule has 1 saturated carbocycles. The lowest BCUT2D eigenvalue weighted by atomic mass is 9.76. The molecule has 0 unspecified atom stereocenters. The van der Waals surface area contributed by atoms with E-state index in [2.05, 4.69) is 63.3 Å². The molecule has 14 heteroatoms. The number of likely N-dealkylation sites (tertiary alicyclic amines) is 1. The fraction of sp³-hybridized carbons (Fsp3) is 0.512. The van der Waals surface area contributed by atoms with Gasteiger partial charge in [-0.15, -0.1) is 0 Å². The molecule has 2 N–H and O–H groups in total. The summed E-state index contributed by atoms with van der Waals surface area (Å²) in [6, 6.07) is 10.5. The van der Waals surface area contributed by atoms with Crippen LogP contribution in [0.2, 0.25) is 0 Å². The minimum Gasteiger partial charge on any atom is -0.464 e. The van der Waals surface area contributed by atoms with Gasteiger partial charge < -0.3 is 23.8 Å². The van der Waals surface area contributed by atoms with Crippen molar-refractivity contribution in [1.29, 1.82) is 5.26 Å². The van der Waals surface area contributed by atoms with Crippen molar-refractivity contribution in [3.8, 4) is 28.6 Å². The highest BCUT2D eigenvalue weighted by Gasteiger charge is 2.54. The molecule has 286 valence electrons. The van der Waals surface area contributed by atoms with E-state index in [4.69, 9.17) is 18.9 Å². The van der Waals surface area contributed by atoms with Crippen molar-refractivity contribution in [2.45, 2.75) is 76.5 Å². The van der Waals surface area contributed by atoms with Crippen molar-refractivity contribution in [2.75, 3.05) is 39.5 Å². The van der Waals surface area contributed by atoms with Crippen molar-refractivity contribution in [1.82, 2.24) is 35.2 Å². The molecule has 5 aliphatic rings.